The van der Waals surface area contributed by atoms with Crippen molar-refractivity contribution in [2.24, 2.45) is 0 Å². The summed E-state index contributed by atoms with van der Waals surface area (Å²) < 4.78 is 4.89. The van der Waals surface area contributed by atoms with E-state index in [1.807, 2.05) is 37.3 Å². The maximum atomic E-state index is 11.6. The summed E-state index contributed by atoms with van der Waals surface area (Å²) in [7, 11) is 0. The van der Waals surface area contributed by atoms with Crippen LogP contribution in [0.1, 0.15) is 30.9 Å². The van der Waals surface area contributed by atoms with Gasteiger partial charge in [0.15, 0.2) is 5.92 Å². The van der Waals surface area contributed by atoms with E-state index < -0.39 is 11.9 Å². The highest BCUT2D eigenvalue weighted by Crippen LogP contribution is 2.21. The Balaban J connectivity index is 3.04. The normalized spacial score (nSPS) is 11.6. The molecular formula is C13H15NO2. The van der Waals surface area contributed by atoms with Crippen LogP contribution in [0.4, 0.5) is 0 Å². The van der Waals surface area contributed by atoms with Gasteiger partial charge in [0, 0.05) is 0 Å². The number of aryl methyl sites for hydroxylation is 1. The zero-order valence-corrected chi connectivity index (χ0v) is 9.56. The van der Waals surface area contributed by atoms with E-state index >= 15 is 0 Å². The van der Waals surface area contributed by atoms with Gasteiger partial charge in [0.2, 0.25) is 0 Å². The molecule has 84 valence electrons. The standard InChI is InChI=1S/C13H15NO2/c1-3-10-7-5-6-8-11(10)12(9-14)13(15)16-4-2/h5-8,12H,3-4H2,1-2H3/t12-/m0/s1. The molecule has 1 aromatic carbocycles. The molecule has 1 rings (SSSR count). The van der Waals surface area contributed by atoms with Crippen LogP contribution in [-0.4, -0.2) is 12.6 Å². The average Bonchev–Trinajstić information content (AvgIpc) is 2.31. The lowest BCUT2D eigenvalue weighted by Gasteiger charge is -2.12. The van der Waals surface area contributed by atoms with E-state index in [4.69, 9.17) is 10.00 Å². The number of benzene rings is 1. The molecule has 0 spiro atoms. The minimum absolute atomic E-state index is 0.297. The fourth-order valence-electron chi connectivity index (χ4n) is 1.61. The number of hydrogen-bond acceptors (Lipinski definition) is 3. The van der Waals surface area contributed by atoms with Crippen molar-refractivity contribution in [3.63, 3.8) is 0 Å². The molecule has 3 heteroatoms. The number of nitriles is 1. The lowest BCUT2D eigenvalue weighted by Crippen LogP contribution is -2.15. The summed E-state index contributed by atoms with van der Waals surface area (Å²) in [6, 6.07) is 9.48. The minimum Gasteiger partial charge on any atom is -0.465 e. The van der Waals surface area contributed by atoms with Crippen molar-refractivity contribution in [1.82, 2.24) is 0 Å². The summed E-state index contributed by atoms with van der Waals surface area (Å²) in [6.07, 6.45) is 0.799. The number of nitrogens with zero attached hydrogens (tertiary/aromatic N) is 1. The lowest BCUT2D eigenvalue weighted by molar-refractivity contribution is -0.143. The summed E-state index contributed by atoms with van der Waals surface area (Å²) in [5.41, 5.74) is 1.77. The van der Waals surface area contributed by atoms with Crippen molar-refractivity contribution < 1.29 is 9.53 Å². The Kier molecular flexibility index (Phi) is 4.53. The second-order valence-electron chi connectivity index (χ2n) is 3.37. The molecule has 0 aliphatic carbocycles. The number of carbonyl (C=O) groups excluding carboxylic acids is 1. The van der Waals surface area contributed by atoms with E-state index in [0.29, 0.717) is 6.61 Å². The molecule has 0 unspecified atom stereocenters. The molecule has 0 aliphatic rings. The Labute approximate surface area is 95.7 Å². The predicted octanol–water partition coefficient (Wildman–Crippen LogP) is 2.42. The molecular weight excluding hydrogens is 202 g/mol. The van der Waals surface area contributed by atoms with Crippen molar-refractivity contribution >= 4 is 5.97 Å². The quantitative estimate of drug-likeness (QED) is 0.728. The maximum absolute atomic E-state index is 11.6. The zero-order chi connectivity index (χ0) is 12.0. The Morgan fingerprint density at radius 2 is 2.12 bits per heavy atom. The van der Waals surface area contributed by atoms with Crippen LogP contribution in [0.25, 0.3) is 0 Å². The van der Waals surface area contributed by atoms with Gasteiger partial charge in [0.05, 0.1) is 12.7 Å². The summed E-state index contributed by atoms with van der Waals surface area (Å²) in [5.74, 6) is -1.28. The van der Waals surface area contributed by atoms with Gasteiger partial charge in [-0.25, -0.2) is 0 Å². The smallest absolute Gasteiger partial charge is 0.327 e. The number of rotatable bonds is 4. The first-order valence-corrected chi connectivity index (χ1v) is 5.38. The first-order chi connectivity index (χ1) is 7.74. The van der Waals surface area contributed by atoms with Crippen molar-refractivity contribution in [3.8, 4) is 6.07 Å². The van der Waals surface area contributed by atoms with Gasteiger partial charge in [-0.15, -0.1) is 0 Å². The van der Waals surface area contributed by atoms with Gasteiger partial charge in [-0.3, -0.25) is 4.79 Å². The molecule has 0 saturated heterocycles. The molecule has 1 atom stereocenters. The Morgan fingerprint density at radius 3 is 2.69 bits per heavy atom. The molecule has 0 aromatic heterocycles. The summed E-state index contributed by atoms with van der Waals surface area (Å²) in [5, 5.41) is 9.05. The molecule has 0 bridgehead atoms. The molecule has 1 aromatic rings. The first-order valence-electron chi connectivity index (χ1n) is 5.38. The highest BCUT2D eigenvalue weighted by Gasteiger charge is 2.23. The van der Waals surface area contributed by atoms with Crippen molar-refractivity contribution in [2.45, 2.75) is 26.2 Å². The van der Waals surface area contributed by atoms with Gasteiger partial charge < -0.3 is 4.74 Å². The van der Waals surface area contributed by atoms with Gasteiger partial charge in [0.25, 0.3) is 0 Å². The van der Waals surface area contributed by atoms with Gasteiger partial charge >= 0.3 is 5.97 Å². The average molecular weight is 217 g/mol. The highest BCUT2D eigenvalue weighted by atomic mass is 16.5. The monoisotopic (exact) mass is 217 g/mol. The minimum atomic E-state index is -0.809. The molecule has 0 saturated carbocycles. The van der Waals surface area contributed by atoms with E-state index in [9.17, 15) is 4.79 Å². The van der Waals surface area contributed by atoms with Crippen LogP contribution in [0.2, 0.25) is 0 Å². The fraction of sp³-hybridized carbons (Fsp3) is 0.385. The molecule has 0 aliphatic heterocycles. The van der Waals surface area contributed by atoms with Crippen LogP contribution in [0.5, 0.6) is 0 Å². The summed E-state index contributed by atoms with van der Waals surface area (Å²) in [6.45, 7) is 4.03. The summed E-state index contributed by atoms with van der Waals surface area (Å²) in [4.78, 5) is 11.6. The Bertz CT molecular complexity index is 407. The van der Waals surface area contributed by atoms with Gasteiger partial charge in [-0.05, 0) is 24.5 Å². The number of carbonyl (C=O) groups is 1. The second kappa shape index (κ2) is 5.92. The van der Waals surface area contributed by atoms with Crippen molar-refractivity contribution in [2.75, 3.05) is 6.61 Å². The molecule has 0 N–H and O–H groups in total. The van der Waals surface area contributed by atoms with Crippen LogP contribution in [0, 0.1) is 11.3 Å². The van der Waals surface area contributed by atoms with Crippen LogP contribution in [0.15, 0.2) is 24.3 Å². The van der Waals surface area contributed by atoms with Crippen LogP contribution < -0.4 is 0 Å². The molecule has 0 amide bonds. The van der Waals surface area contributed by atoms with E-state index in [2.05, 4.69) is 0 Å². The highest BCUT2D eigenvalue weighted by molar-refractivity contribution is 5.81. The van der Waals surface area contributed by atoms with E-state index in [1.54, 1.807) is 6.92 Å². The molecule has 0 heterocycles. The zero-order valence-electron chi connectivity index (χ0n) is 9.56. The van der Waals surface area contributed by atoms with E-state index in [0.717, 1.165) is 17.5 Å². The fourth-order valence-corrected chi connectivity index (χ4v) is 1.61. The van der Waals surface area contributed by atoms with Crippen molar-refractivity contribution in [3.05, 3.63) is 35.4 Å². The van der Waals surface area contributed by atoms with Crippen LogP contribution >= 0.6 is 0 Å². The van der Waals surface area contributed by atoms with E-state index in [1.165, 1.54) is 0 Å². The summed E-state index contributed by atoms with van der Waals surface area (Å²) >= 11 is 0. The van der Waals surface area contributed by atoms with Crippen LogP contribution in [0.3, 0.4) is 0 Å². The number of hydrogen-bond donors (Lipinski definition) is 0. The predicted molar refractivity (Wildman–Crippen MR) is 60.8 cm³/mol. The Morgan fingerprint density at radius 1 is 1.44 bits per heavy atom. The molecule has 0 fully saturated rings. The topological polar surface area (TPSA) is 50.1 Å². The van der Waals surface area contributed by atoms with Gasteiger partial charge in [-0.1, -0.05) is 31.2 Å². The third-order valence-corrected chi connectivity index (χ3v) is 2.40. The lowest BCUT2D eigenvalue weighted by atomic mass is 9.94. The largest absolute Gasteiger partial charge is 0.465 e. The van der Waals surface area contributed by atoms with Crippen LogP contribution in [-0.2, 0) is 16.0 Å². The second-order valence-corrected chi connectivity index (χ2v) is 3.37. The van der Waals surface area contributed by atoms with Gasteiger partial charge in [-0.2, -0.15) is 5.26 Å². The Hall–Kier alpha value is -1.82. The van der Waals surface area contributed by atoms with Gasteiger partial charge in [0.1, 0.15) is 0 Å². The third-order valence-electron chi connectivity index (χ3n) is 2.40. The maximum Gasteiger partial charge on any atom is 0.327 e. The molecule has 3 nitrogen and oxygen atoms in total. The third kappa shape index (κ3) is 2.60. The van der Waals surface area contributed by atoms with E-state index in [-0.39, 0.29) is 0 Å². The number of esters is 1. The first kappa shape index (κ1) is 12.3. The molecule has 0 radical (unpaired) electrons. The van der Waals surface area contributed by atoms with Crippen molar-refractivity contribution in [1.29, 1.82) is 5.26 Å². The SMILES string of the molecule is CCOC(=O)[C@@H](C#N)c1ccccc1CC. The molecule has 16 heavy (non-hydrogen) atoms. The number of ether oxygens (including phenoxy) is 1.